The van der Waals surface area contributed by atoms with Gasteiger partial charge in [-0.15, -0.1) is 0 Å². The van der Waals surface area contributed by atoms with E-state index >= 15 is 0 Å². The minimum absolute atomic E-state index is 0.143. The minimum atomic E-state index is -1.09. The number of Topliss-reactive ketones (excluding diaryl/α,β-unsaturated/α-hetero) is 2. The third-order valence-electron chi connectivity index (χ3n) is 4.11. The highest BCUT2D eigenvalue weighted by molar-refractivity contribution is 6.36. The van der Waals surface area contributed by atoms with Crippen molar-refractivity contribution in [1.82, 2.24) is 0 Å². The smallest absolute Gasteiger partial charge is 0.342 e. The minimum Gasteiger partial charge on any atom is -0.465 e. The molecule has 0 spiro atoms. The number of carbonyl (C=O) groups is 4. The molecule has 0 heterocycles. The fourth-order valence-corrected chi connectivity index (χ4v) is 2.52. The Morgan fingerprint density at radius 3 is 1.11 bits per heavy atom. The van der Waals surface area contributed by atoms with Gasteiger partial charge >= 0.3 is 11.9 Å². The second kappa shape index (κ2) is 8.90. The van der Waals surface area contributed by atoms with Crippen molar-refractivity contribution in [1.29, 1.82) is 0 Å². The Morgan fingerprint density at radius 1 is 0.571 bits per heavy atom. The number of ketones is 2. The summed E-state index contributed by atoms with van der Waals surface area (Å²) >= 11 is 0. The summed E-state index contributed by atoms with van der Waals surface area (Å²) in [6.07, 6.45) is 0. The van der Waals surface area contributed by atoms with Crippen LogP contribution in [0.15, 0.2) is 59.7 Å². The standard InChI is InChI=1S/C22H20O6/c1-13-5-9-15(10-6-13)19(23)17(21(25)27-3)18(22(26)28-4)20(24)16-11-7-14(2)8-12-16/h5-12H,1-4H3/b18-17-. The van der Waals surface area contributed by atoms with Crippen molar-refractivity contribution in [3.8, 4) is 0 Å². The van der Waals surface area contributed by atoms with Crippen LogP contribution in [0.25, 0.3) is 0 Å². The van der Waals surface area contributed by atoms with Crippen LogP contribution in [0.1, 0.15) is 31.8 Å². The van der Waals surface area contributed by atoms with Crippen molar-refractivity contribution in [3.63, 3.8) is 0 Å². The van der Waals surface area contributed by atoms with Gasteiger partial charge in [0.15, 0.2) is 0 Å². The largest absolute Gasteiger partial charge is 0.465 e. The molecule has 0 amide bonds. The van der Waals surface area contributed by atoms with Gasteiger partial charge in [0.2, 0.25) is 11.6 Å². The molecular formula is C22H20O6. The Kier molecular flexibility index (Phi) is 6.60. The van der Waals surface area contributed by atoms with Crippen LogP contribution in [0.2, 0.25) is 0 Å². The van der Waals surface area contributed by atoms with Crippen LogP contribution in [0.5, 0.6) is 0 Å². The van der Waals surface area contributed by atoms with E-state index in [-0.39, 0.29) is 11.1 Å². The number of ether oxygens (including phenoxy) is 2. The fraction of sp³-hybridized carbons (Fsp3) is 0.182. The molecule has 0 N–H and O–H groups in total. The molecule has 0 aliphatic rings. The van der Waals surface area contributed by atoms with Gasteiger partial charge in [0.05, 0.1) is 14.2 Å². The van der Waals surface area contributed by atoms with Gasteiger partial charge in [-0.05, 0) is 13.8 Å². The van der Waals surface area contributed by atoms with E-state index in [1.165, 1.54) is 24.3 Å². The van der Waals surface area contributed by atoms with E-state index in [1.807, 2.05) is 13.8 Å². The number of carbonyl (C=O) groups excluding carboxylic acids is 4. The van der Waals surface area contributed by atoms with E-state index in [9.17, 15) is 19.2 Å². The van der Waals surface area contributed by atoms with Crippen LogP contribution in [0.4, 0.5) is 0 Å². The first-order chi connectivity index (χ1) is 13.3. The molecule has 0 aromatic heterocycles. The average molecular weight is 380 g/mol. The van der Waals surface area contributed by atoms with Gasteiger partial charge in [0.1, 0.15) is 11.1 Å². The molecule has 0 saturated heterocycles. The Balaban J connectivity index is 2.71. The van der Waals surface area contributed by atoms with Crippen molar-refractivity contribution in [3.05, 3.63) is 81.9 Å². The normalized spacial score (nSPS) is 11.3. The number of hydrogen-bond donors (Lipinski definition) is 0. The highest BCUT2D eigenvalue weighted by Crippen LogP contribution is 2.20. The first-order valence-electron chi connectivity index (χ1n) is 8.43. The maximum absolute atomic E-state index is 13.0. The molecule has 0 radical (unpaired) electrons. The molecule has 0 bridgehead atoms. The molecule has 144 valence electrons. The number of rotatable bonds is 6. The molecule has 0 saturated carbocycles. The van der Waals surface area contributed by atoms with Crippen LogP contribution in [0.3, 0.4) is 0 Å². The zero-order valence-corrected chi connectivity index (χ0v) is 16.1. The van der Waals surface area contributed by atoms with Crippen molar-refractivity contribution < 1.29 is 28.7 Å². The zero-order chi connectivity index (χ0) is 20.8. The van der Waals surface area contributed by atoms with Gasteiger partial charge in [0.25, 0.3) is 0 Å². The van der Waals surface area contributed by atoms with Crippen LogP contribution in [0, 0.1) is 13.8 Å². The highest BCUT2D eigenvalue weighted by Gasteiger charge is 2.34. The zero-order valence-electron chi connectivity index (χ0n) is 16.1. The number of hydrogen-bond acceptors (Lipinski definition) is 6. The molecule has 0 fully saturated rings. The quantitative estimate of drug-likeness (QED) is 0.252. The summed E-state index contributed by atoms with van der Waals surface area (Å²) < 4.78 is 9.36. The van der Waals surface area contributed by atoms with Gasteiger partial charge < -0.3 is 9.47 Å². The molecule has 2 rings (SSSR count). The Bertz CT molecular complexity index is 870. The summed E-state index contributed by atoms with van der Waals surface area (Å²) in [7, 11) is 2.13. The monoisotopic (exact) mass is 380 g/mol. The van der Waals surface area contributed by atoms with Gasteiger partial charge in [-0.2, -0.15) is 0 Å². The van der Waals surface area contributed by atoms with Crippen molar-refractivity contribution in [2.45, 2.75) is 13.8 Å². The predicted molar refractivity (Wildman–Crippen MR) is 102 cm³/mol. The molecule has 0 aliphatic heterocycles. The summed E-state index contributed by atoms with van der Waals surface area (Å²) in [6, 6.07) is 12.8. The van der Waals surface area contributed by atoms with E-state index in [1.54, 1.807) is 24.3 Å². The molecular weight excluding hydrogens is 360 g/mol. The second-order valence-corrected chi connectivity index (χ2v) is 6.12. The number of aryl methyl sites for hydroxylation is 2. The summed E-state index contributed by atoms with van der Waals surface area (Å²) in [5.41, 5.74) is 0.772. The first kappa shape index (κ1) is 20.8. The summed E-state index contributed by atoms with van der Waals surface area (Å²) in [4.78, 5) is 50.7. The summed E-state index contributed by atoms with van der Waals surface area (Å²) in [5, 5.41) is 0. The van der Waals surface area contributed by atoms with Crippen LogP contribution >= 0.6 is 0 Å². The SMILES string of the molecule is COC(=O)/C(C(=O)c1ccc(C)cc1)=C(\C(=O)OC)C(=O)c1ccc(C)cc1. The van der Waals surface area contributed by atoms with E-state index in [4.69, 9.17) is 0 Å². The van der Waals surface area contributed by atoms with E-state index in [0.717, 1.165) is 25.3 Å². The highest BCUT2D eigenvalue weighted by atomic mass is 16.5. The van der Waals surface area contributed by atoms with Crippen molar-refractivity contribution in [2.24, 2.45) is 0 Å². The Morgan fingerprint density at radius 2 is 0.857 bits per heavy atom. The molecule has 0 unspecified atom stereocenters. The molecule has 0 aliphatic carbocycles. The van der Waals surface area contributed by atoms with Crippen LogP contribution in [-0.4, -0.2) is 37.7 Å². The molecule has 6 heteroatoms. The number of methoxy groups -OCH3 is 2. The van der Waals surface area contributed by atoms with Gasteiger partial charge in [-0.1, -0.05) is 59.7 Å². The lowest BCUT2D eigenvalue weighted by Crippen LogP contribution is -2.26. The number of benzene rings is 2. The second-order valence-electron chi connectivity index (χ2n) is 6.12. The van der Waals surface area contributed by atoms with Gasteiger partial charge in [-0.3, -0.25) is 9.59 Å². The predicted octanol–water partition coefficient (Wildman–Crippen LogP) is 3.01. The average Bonchev–Trinajstić information content (AvgIpc) is 2.71. The maximum Gasteiger partial charge on any atom is 0.342 e. The molecule has 2 aromatic rings. The molecule has 28 heavy (non-hydrogen) atoms. The fourth-order valence-electron chi connectivity index (χ4n) is 2.52. The third kappa shape index (κ3) is 4.40. The van der Waals surface area contributed by atoms with E-state index in [2.05, 4.69) is 9.47 Å². The lowest BCUT2D eigenvalue weighted by molar-refractivity contribution is -0.138. The van der Waals surface area contributed by atoms with E-state index in [0.29, 0.717) is 0 Å². The van der Waals surface area contributed by atoms with Gasteiger partial charge in [-0.25, -0.2) is 9.59 Å². The van der Waals surface area contributed by atoms with Crippen LogP contribution < -0.4 is 0 Å². The lowest BCUT2D eigenvalue weighted by Gasteiger charge is -2.12. The van der Waals surface area contributed by atoms with Crippen molar-refractivity contribution >= 4 is 23.5 Å². The van der Waals surface area contributed by atoms with Crippen molar-refractivity contribution in [2.75, 3.05) is 14.2 Å². The molecule has 6 nitrogen and oxygen atoms in total. The Hall–Kier alpha value is -3.54. The van der Waals surface area contributed by atoms with Gasteiger partial charge in [0, 0.05) is 11.1 Å². The number of esters is 2. The summed E-state index contributed by atoms with van der Waals surface area (Å²) in [5.74, 6) is -3.78. The summed E-state index contributed by atoms with van der Waals surface area (Å²) in [6.45, 7) is 3.68. The van der Waals surface area contributed by atoms with Crippen LogP contribution in [-0.2, 0) is 19.1 Å². The van der Waals surface area contributed by atoms with E-state index < -0.39 is 34.7 Å². The molecule has 0 atom stereocenters. The first-order valence-corrected chi connectivity index (χ1v) is 8.43. The lowest BCUT2D eigenvalue weighted by atomic mass is 9.92. The Labute approximate surface area is 162 Å². The topological polar surface area (TPSA) is 86.7 Å². The maximum atomic E-state index is 13.0. The third-order valence-corrected chi connectivity index (χ3v) is 4.11. The molecule has 2 aromatic carbocycles.